The normalized spacial score (nSPS) is 15.8. The van der Waals surface area contributed by atoms with Crippen LogP contribution in [0, 0.1) is 18.8 Å². The van der Waals surface area contributed by atoms with Crippen molar-refractivity contribution >= 4 is 27.6 Å². The van der Waals surface area contributed by atoms with Crippen molar-refractivity contribution in [1.82, 2.24) is 4.31 Å². The first kappa shape index (κ1) is 25.0. The number of anilines is 1. The van der Waals surface area contributed by atoms with E-state index in [9.17, 15) is 23.1 Å². The Balaban J connectivity index is 1.74. The van der Waals surface area contributed by atoms with E-state index in [0.29, 0.717) is 22.6 Å². The number of aryl methyl sites for hydroxylation is 1. The molecule has 9 nitrogen and oxygen atoms in total. The number of fused-ring (bicyclic) bond motifs is 1. The van der Waals surface area contributed by atoms with E-state index in [-0.39, 0.29) is 23.8 Å². The van der Waals surface area contributed by atoms with Gasteiger partial charge in [-0.05, 0) is 55.8 Å². The van der Waals surface area contributed by atoms with Crippen LogP contribution in [0.25, 0.3) is 0 Å². The average molecular weight is 509 g/mol. The van der Waals surface area contributed by atoms with Crippen molar-refractivity contribution in [2.45, 2.75) is 31.3 Å². The number of benzene rings is 2. The molecule has 0 saturated heterocycles. The Morgan fingerprint density at radius 1 is 1.14 bits per heavy atom. The van der Waals surface area contributed by atoms with E-state index in [1.807, 2.05) is 0 Å². The predicted octanol–water partition coefficient (Wildman–Crippen LogP) is 3.29. The van der Waals surface area contributed by atoms with Gasteiger partial charge in [-0.2, -0.15) is 4.31 Å². The summed E-state index contributed by atoms with van der Waals surface area (Å²) in [7, 11) is -4.27. The lowest BCUT2D eigenvalue weighted by Gasteiger charge is -2.28. The number of nitrogens with zero attached hydrogens (tertiary/aromatic N) is 2. The minimum absolute atomic E-state index is 0.0635. The Labute approximate surface area is 208 Å². The van der Waals surface area contributed by atoms with Gasteiger partial charge in [0.1, 0.15) is 18.4 Å². The predicted molar refractivity (Wildman–Crippen MR) is 131 cm³/mol. The van der Waals surface area contributed by atoms with Crippen molar-refractivity contribution < 1.29 is 32.3 Å². The fourth-order valence-corrected chi connectivity index (χ4v) is 5.50. The summed E-state index contributed by atoms with van der Waals surface area (Å²) < 4.78 is 39.0. The van der Waals surface area contributed by atoms with Gasteiger partial charge in [0.05, 0.1) is 17.7 Å². The zero-order chi connectivity index (χ0) is 25.9. The van der Waals surface area contributed by atoms with Crippen LogP contribution >= 0.6 is 0 Å². The number of carboxylic acid groups (broad SMARTS) is 1. The highest BCUT2D eigenvalue weighted by Gasteiger charge is 2.42. The van der Waals surface area contributed by atoms with Crippen molar-refractivity contribution in [3.05, 3.63) is 77.7 Å². The lowest BCUT2D eigenvalue weighted by atomic mass is 10.1. The number of hydrogen-bond acceptors (Lipinski definition) is 6. The number of amides is 1. The maximum absolute atomic E-state index is 13.7. The van der Waals surface area contributed by atoms with E-state index >= 15 is 0 Å². The van der Waals surface area contributed by atoms with Gasteiger partial charge in [-0.1, -0.05) is 24.1 Å². The standard InChI is InChI=1S/C26H24N2O7S/c1-3-4-14-34-20-9-11-21(12-10-20)36(32,33)28-16-19-7-5-6-8-22(19)27(17-23(28)26(30)31)25(29)24-18(2)13-15-35-24/h5-13,15,23H,14,16-17H2,1-2H3,(H,30,31). The summed E-state index contributed by atoms with van der Waals surface area (Å²) in [5.41, 5.74) is 1.49. The smallest absolute Gasteiger partial charge is 0.323 e. The summed E-state index contributed by atoms with van der Waals surface area (Å²) in [6.45, 7) is 2.91. The monoisotopic (exact) mass is 508 g/mol. The van der Waals surface area contributed by atoms with Crippen LogP contribution in [0.3, 0.4) is 0 Å². The van der Waals surface area contributed by atoms with E-state index in [1.54, 1.807) is 44.2 Å². The molecule has 4 rings (SSSR count). The highest BCUT2D eigenvalue weighted by atomic mass is 32.2. The van der Waals surface area contributed by atoms with E-state index in [1.165, 1.54) is 35.4 Å². The van der Waals surface area contributed by atoms with Crippen LogP contribution in [0.1, 0.15) is 28.6 Å². The number of hydrogen-bond donors (Lipinski definition) is 1. The zero-order valence-corrected chi connectivity index (χ0v) is 20.5. The topological polar surface area (TPSA) is 117 Å². The van der Waals surface area contributed by atoms with Gasteiger partial charge in [0.25, 0.3) is 5.91 Å². The average Bonchev–Trinajstić information content (AvgIpc) is 3.20. The summed E-state index contributed by atoms with van der Waals surface area (Å²) in [6, 6.07) is 12.5. The third kappa shape index (κ3) is 4.84. The summed E-state index contributed by atoms with van der Waals surface area (Å²) in [4.78, 5) is 26.9. The molecular weight excluding hydrogens is 484 g/mol. The SMILES string of the molecule is CC#CCOc1ccc(S(=O)(=O)N2Cc3ccccc3N(C(=O)c3occc3C)CC2C(=O)O)cc1. The van der Waals surface area contributed by atoms with Gasteiger partial charge in [-0.15, -0.1) is 5.92 Å². The van der Waals surface area contributed by atoms with Crippen LogP contribution in [-0.4, -0.2) is 48.9 Å². The summed E-state index contributed by atoms with van der Waals surface area (Å²) in [5, 5.41) is 10.1. The van der Waals surface area contributed by atoms with Gasteiger partial charge in [0.15, 0.2) is 5.76 Å². The molecule has 1 amide bonds. The molecule has 1 N–H and O–H groups in total. The van der Waals surface area contributed by atoms with Crippen molar-refractivity contribution in [3.63, 3.8) is 0 Å². The molecule has 3 aromatic rings. The molecule has 0 fully saturated rings. The molecular formula is C26H24N2O7S. The van der Waals surface area contributed by atoms with E-state index in [4.69, 9.17) is 9.15 Å². The number of rotatable bonds is 6. The second kappa shape index (κ2) is 10.3. The van der Waals surface area contributed by atoms with E-state index < -0.39 is 34.5 Å². The molecule has 0 bridgehead atoms. The minimum atomic E-state index is -4.27. The molecule has 0 radical (unpaired) electrons. The lowest BCUT2D eigenvalue weighted by molar-refractivity contribution is -0.141. The number of carbonyl (C=O) groups excluding carboxylic acids is 1. The van der Waals surface area contributed by atoms with E-state index in [0.717, 1.165) is 4.31 Å². The number of aliphatic carboxylic acids is 1. The Hall–Kier alpha value is -4.07. The van der Waals surface area contributed by atoms with Gasteiger partial charge >= 0.3 is 5.97 Å². The number of furan rings is 1. The third-order valence-corrected chi connectivity index (χ3v) is 7.69. The van der Waals surface area contributed by atoms with Gasteiger partial charge in [0.2, 0.25) is 10.0 Å². The van der Waals surface area contributed by atoms with Crippen molar-refractivity contribution in [2.24, 2.45) is 0 Å². The Kier molecular flexibility index (Phi) is 7.15. The Bertz CT molecular complexity index is 1450. The van der Waals surface area contributed by atoms with Crippen molar-refractivity contribution in [3.8, 4) is 17.6 Å². The molecule has 1 aliphatic rings. The summed E-state index contributed by atoms with van der Waals surface area (Å²) in [5.74, 6) is 4.02. The highest BCUT2D eigenvalue weighted by Crippen LogP contribution is 2.33. The molecule has 186 valence electrons. The maximum atomic E-state index is 13.7. The summed E-state index contributed by atoms with van der Waals surface area (Å²) >= 11 is 0. The van der Waals surface area contributed by atoms with Crippen molar-refractivity contribution in [1.29, 1.82) is 0 Å². The van der Waals surface area contributed by atoms with Gasteiger partial charge < -0.3 is 19.2 Å². The first-order chi connectivity index (χ1) is 17.2. The summed E-state index contributed by atoms with van der Waals surface area (Å²) in [6.07, 6.45) is 1.37. The molecule has 1 aliphatic heterocycles. The Morgan fingerprint density at radius 3 is 2.50 bits per heavy atom. The quantitative estimate of drug-likeness (QED) is 0.508. The first-order valence-electron chi connectivity index (χ1n) is 11.0. The van der Waals surface area contributed by atoms with Crippen LogP contribution < -0.4 is 9.64 Å². The molecule has 0 spiro atoms. The molecule has 2 aromatic carbocycles. The zero-order valence-electron chi connectivity index (χ0n) is 19.7. The molecule has 1 aromatic heterocycles. The molecule has 0 aliphatic carbocycles. The largest absolute Gasteiger partial charge is 0.481 e. The molecule has 1 atom stereocenters. The molecule has 2 heterocycles. The molecule has 36 heavy (non-hydrogen) atoms. The van der Waals surface area contributed by atoms with Crippen LogP contribution in [0.5, 0.6) is 5.75 Å². The molecule has 10 heteroatoms. The van der Waals surface area contributed by atoms with Gasteiger partial charge in [-0.3, -0.25) is 9.59 Å². The second-order valence-electron chi connectivity index (χ2n) is 8.07. The maximum Gasteiger partial charge on any atom is 0.323 e. The first-order valence-corrected chi connectivity index (χ1v) is 12.5. The molecule has 0 saturated carbocycles. The minimum Gasteiger partial charge on any atom is -0.481 e. The highest BCUT2D eigenvalue weighted by molar-refractivity contribution is 7.89. The Morgan fingerprint density at radius 2 is 1.86 bits per heavy atom. The van der Waals surface area contributed by atoms with Gasteiger partial charge in [0, 0.05) is 17.8 Å². The number of carboxylic acids is 1. The second-order valence-corrected chi connectivity index (χ2v) is 9.96. The fourth-order valence-electron chi connectivity index (χ4n) is 3.94. The number of ether oxygens (including phenoxy) is 1. The third-order valence-electron chi connectivity index (χ3n) is 5.82. The number of sulfonamides is 1. The van der Waals surface area contributed by atoms with Crippen LogP contribution in [0.15, 0.2) is 70.2 Å². The number of para-hydroxylation sites is 1. The van der Waals surface area contributed by atoms with E-state index in [2.05, 4.69) is 11.8 Å². The van der Waals surface area contributed by atoms with Crippen molar-refractivity contribution in [2.75, 3.05) is 18.1 Å². The molecule has 1 unspecified atom stereocenters. The number of carbonyl (C=O) groups is 2. The van der Waals surface area contributed by atoms with Crippen LogP contribution in [0.2, 0.25) is 0 Å². The van der Waals surface area contributed by atoms with Gasteiger partial charge in [-0.25, -0.2) is 8.42 Å². The fraction of sp³-hybridized carbons (Fsp3) is 0.231. The van der Waals surface area contributed by atoms with Crippen LogP contribution in [-0.2, 0) is 21.4 Å². The lowest BCUT2D eigenvalue weighted by Crippen LogP contribution is -2.50. The van der Waals surface area contributed by atoms with Crippen LogP contribution in [0.4, 0.5) is 5.69 Å².